The number of halogens is 1. The number of urea groups is 1. The highest BCUT2D eigenvalue weighted by atomic mass is 35.5. The fraction of sp³-hybridized carbons (Fsp3) is 0.500. The van der Waals surface area contributed by atoms with Gasteiger partial charge in [-0.15, -0.1) is 0 Å². The minimum absolute atomic E-state index is 0.00359. The Morgan fingerprint density at radius 1 is 1.38 bits per heavy atom. The molecule has 2 fully saturated rings. The van der Waals surface area contributed by atoms with Crippen LogP contribution in [0.2, 0.25) is 5.02 Å². The molecular weight excluding hydrogens is 398 g/mol. The van der Waals surface area contributed by atoms with Crippen molar-refractivity contribution < 1.29 is 23.9 Å². The molecule has 29 heavy (non-hydrogen) atoms. The summed E-state index contributed by atoms with van der Waals surface area (Å²) in [6.07, 6.45) is 2.14. The molecule has 1 aliphatic carbocycles. The lowest BCUT2D eigenvalue weighted by molar-refractivity contribution is -0.155. The monoisotopic (exact) mass is 421 g/mol. The summed E-state index contributed by atoms with van der Waals surface area (Å²) in [5, 5.41) is 5.82. The van der Waals surface area contributed by atoms with Crippen LogP contribution < -0.4 is 10.6 Å². The van der Waals surface area contributed by atoms with Gasteiger partial charge >= 0.3 is 12.0 Å². The summed E-state index contributed by atoms with van der Waals surface area (Å²) in [4.78, 5) is 50.6. The Bertz CT molecular complexity index is 845. The Balaban J connectivity index is 1.58. The van der Waals surface area contributed by atoms with Crippen LogP contribution in [-0.2, 0) is 19.1 Å². The van der Waals surface area contributed by atoms with Gasteiger partial charge in [0.2, 0.25) is 0 Å². The number of nitrogens with one attached hydrogen (secondary N) is 2. The zero-order chi connectivity index (χ0) is 21.2. The molecule has 2 N–H and O–H groups in total. The number of imide groups is 1. The smallest absolute Gasteiger partial charge is 0.327 e. The first-order valence-corrected chi connectivity index (χ1v) is 10.0. The summed E-state index contributed by atoms with van der Waals surface area (Å²) in [5.41, 5.74) is -0.474. The number of anilines is 1. The fourth-order valence-corrected chi connectivity index (χ4v) is 4.06. The van der Waals surface area contributed by atoms with Gasteiger partial charge in [0.15, 0.2) is 6.10 Å². The topological polar surface area (TPSA) is 105 Å². The van der Waals surface area contributed by atoms with Crippen molar-refractivity contribution in [2.24, 2.45) is 5.92 Å². The minimum atomic E-state index is -1.11. The van der Waals surface area contributed by atoms with E-state index in [9.17, 15) is 19.2 Å². The number of carbonyl (C=O) groups is 4. The summed E-state index contributed by atoms with van der Waals surface area (Å²) in [7, 11) is 0. The van der Waals surface area contributed by atoms with Gasteiger partial charge in [0.1, 0.15) is 12.1 Å². The highest BCUT2D eigenvalue weighted by Crippen LogP contribution is 2.38. The molecular formula is C20H24ClN3O5. The summed E-state index contributed by atoms with van der Waals surface area (Å²) in [5.74, 6) is -1.78. The van der Waals surface area contributed by atoms with E-state index in [1.807, 2.05) is 6.92 Å². The molecule has 3 atom stereocenters. The summed E-state index contributed by atoms with van der Waals surface area (Å²) < 4.78 is 5.12. The van der Waals surface area contributed by atoms with E-state index in [1.54, 1.807) is 24.3 Å². The molecule has 1 aliphatic heterocycles. The molecule has 0 bridgehead atoms. The van der Waals surface area contributed by atoms with Crippen LogP contribution in [-0.4, -0.2) is 46.9 Å². The highest BCUT2D eigenvalue weighted by molar-refractivity contribution is 6.30. The predicted octanol–water partition coefficient (Wildman–Crippen LogP) is 2.71. The summed E-state index contributed by atoms with van der Waals surface area (Å²) in [6, 6.07) is 5.95. The van der Waals surface area contributed by atoms with Crippen LogP contribution in [0, 0.1) is 5.92 Å². The second kappa shape index (κ2) is 8.41. The average Bonchev–Trinajstić information content (AvgIpc) is 2.89. The first-order valence-electron chi connectivity index (χ1n) is 9.63. The first-order chi connectivity index (χ1) is 13.7. The number of benzene rings is 1. The van der Waals surface area contributed by atoms with Crippen molar-refractivity contribution in [2.75, 3.05) is 11.9 Å². The molecule has 1 aromatic rings. The van der Waals surface area contributed by atoms with Gasteiger partial charge in [-0.1, -0.05) is 37.4 Å². The maximum atomic E-state index is 12.9. The standard InChI is InChI=1S/C20H24ClN3O5/c1-12-6-3-4-9-20(12)18(27)24(19(28)23-20)11-16(25)29-13(2)17(26)22-15-8-5-7-14(21)10-15/h5,7-8,10,12-13H,3-4,6,9,11H2,1-2H3,(H,22,26)(H,23,28)/t12-,13+,20-/m1/s1. The van der Waals surface area contributed by atoms with Gasteiger partial charge in [0, 0.05) is 10.7 Å². The zero-order valence-corrected chi connectivity index (χ0v) is 17.1. The zero-order valence-electron chi connectivity index (χ0n) is 16.4. The maximum Gasteiger partial charge on any atom is 0.327 e. The molecule has 9 heteroatoms. The first kappa shape index (κ1) is 21.1. The Hall–Kier alpha value is -2.61. The van der Waals surface area contributed by atoms with E-state index in [-0.39, 0.29) is 5.92 Å². The molecule has 156 valence electrons. The summed E-state index contributed by atoms with van der Waals surface area (Å²) >= 11 is 5.87. The van der Waals surface area contributed by atoms with Crippen molar-refractivity contribution in [1.82, 2.24) is 10.2 Å². The van der Waals surface area contributed by atoms with E-state index in [0.29, 0.717) is 17.1 Å². The SMILES string of the molecule is C[C@H](OC(=O)CN1C(=O)N[C@@]2(CCCC[C@H]2C)C1=O)C(=O)Nc1cccc(Cl)c1. The molecule has 1 saturated heterocycles. The number of carbonyl (C=O) groups excluding carboxylic acids is 4. The second-order valence-electron chi connectivity index (χ2n) is 7.57. The van der Waals surface area contributed by atoms with E-state index in [4.69, 9.17) is 16.3 Å². The van der Waals surface area contributed by atoms with Crippen molar-refractivity contribution in [3.63, 3.8) is 0 Å². The lowest BCUT2D eigenvalue weighted by Gasteiger charge is -2.36. The molecule has 1 spiro atoms. The molecule has 8 nitrogen and oxygen atoms in total. The molecule has 1 saturated carbocycles. The van der Waals surface area contributed by atoms with E-state index < -0.39 is 42.0 Å². The van der Waals surface area contributed by atoms with Crippen LogP contribution in [0.25, 0.3) is 0 Å². The minimum Gasteiger partial charge on any atom is -0.451 e. The second-order valence-corrected chi connectivity index (χ2v) is 8.01. The predicted molar refractivity (Wildman–Crippen MR) is 106 cm³/mol. The van der Waals surface area contributed by atoms with Gasteiger partial charge in [-0.25, -0.2) is 4.79 Å². The van der Waals surface area contributed by atoms with Crippen LogP contribution in [0.4, 0.5) is 10.5 Å². The third-order valence-corrected chi connectivity index (χ3v) is 5.79. The Labute approximate surface area is 173 Å². The number of ether oxygens (including phenoxy) is 1. The van der Waals surface area contributed by atoms with Crippen LogP contribution >= 0.6 is 11.6 Å². The Kier molecular flexibility index (Phi) is 6.12. The van der Waals surface area contributed by atoms with Crippen molar-refractivity contribution >= 4 is 41.1 Å². The quantitative estimate of drug-likeness (QED) is 0.561. The number of rotatable bonds is 5. The summed E-state index contributed by atoms with van der Waals surface area (Å²) in [6.45, 7) is 2.81. The van der Waals surface area contributed by atoms with Gasteiger partial charge in [-0.05, 0) is 43.9 Å². The van der Waals surface area contributed by atoms with Gasteiger partial charge in [0.05, 0.1) is 0 Å². The van der Waals surface area contributed by atoms with Gasteiger partial charge in [-0.3, -0.25) is 19.3 Å². The van der Waals surface area contributed by atoms with Crippen LogP contribution in [0.5, 0.6) is 0 Å². The van der Waals surface area contributed by atoms with Crippen molar-refractivity contribution in [2.45, 2.75) is 51.2 Å². The van der Waals surface area contributed by atoms with E-state index in [2.05, 4.69) is 10.6 Å². The fourth-order valence-electron chi connectivity index (χ4n) is 3.87. The lowest BCUT2D eigenvalue weighted by Crippen LogP contribution is -2.54. The molecule has 1 aromatic carbocycles. The maximum absolute atomic E-state index is 12.9. The normalized spacial score (nSPS) is 24.9. The largest absolute Gasteiger partial charge is 0.451 e. The van der Waals surface area contributed by atoms with Crippen LogP contribution in [0.1, 0.15) is 39.5 Å². The van der Waals surface area contributed by atoms with Crippen LogP contribution in [0.15, 0.2) is 24.3 Å². The van der Waals surface area contributed by atoms with Gasteiger partial charge < -0.3 is 15.4 Å². The van der Waals surface area contributed by atoms with Gasteiger partial charge in [-0.2, -0.15) is 0 Å². The number of nitrogens with zero attached hydrogens (tertiary/aromatic N) is 1. The average molecular weight is 422 g/mol. The molecule has 4 amide bonds. The molecule has 0 radical (unpaired) electrons. The molecule has 2 aliphatic rings. The number of hydrogen-bond acceptors (Lipinski definition) is 5. The van der Waals surface area contributed by atoms with Crippen molar-refractivity contribution in [1.29, 1.82) is 0 Å². The molecule has 1 heterocycles. The Morgan fingerprint density at radius 2 is 2.14 bits per heavy atom. The Morgan fingerprint density at radius 3 is 2.83 bits per heavy atom. The van der Waals surface area contributed by atoms with Crippen molar-refractivity contribution in [3.05, 3.63) is 29.3 Å². The highest BCUT2D eigenvalue weighted by Gasteiger charge is 2.55. The molecule has 3 rings (SSSR count). The van der Waals surface area contributed by atoms with Crippen molar-refractivity contribution in [3.8, 4) is 0 Å². The molecule has 0 unspecified atom stereocenters. The lowest BCUT2D eigenvalue weighted by atomic mass is 9.73. The molecule has 0 aromatic heterocycles. The third-order valence-electron chi connectivity index (χ3n) is 5.56. The van der Waals surface area contributed by atoms with Gasteiger partial charge in [0.25, 0.3) is 11.8 Å². The van der Waals surface area contributed by atoms with E-state index in [1.165, 1.54) is 6.92 Å². The number of hydrogen-bond donors (Lipinski definition) is 2. The van der Waals surface area contributed by atoms with Crippen LogP contribution in [0.3, 0.4) is 0 Å². The third kappa shape index (κ3) is 4.37. The van der Waals surface area contributed by atoms with E-state index >= 15 is 0 Å². The van der Waals surface area contributed by atoms with E-state index in [0.717, 1.165) is 24.2 Å². The number of esters is 1. The number of amides is 4.